The largest absolute Gasteiger partial charge is 0.492 e. The van der Waals surface area contributed by atoms with Crippen LogP contribution in [0.25, 0.3) is 21.5 Å². The molecule has 1 atom stereocenters. The number of carbonyl (C=O) groups is 2. The van der Waals surface area contributed by atoms with Gasteiger partial charge in [0, 0.05) is 35.9 Å². The van der Waals surface area contributed by atoms with Crippen molar-refractivity contribution in [2.24, 2.45) is 0 Å². The Morgan fingerprint density at radius 3 is 1.97 bits per heavy atom. The number of amides is 2. The highest BCUT2D eigenvalue weighted by atomic mass is 16.5. The Hall–Kier alpha value is -5.70. The zero-order chi connectivity index (χ0) is 41.9. The summed E-state index contributed by atoms with van der Waals surface area (Å²) in [4.78, 5) is 28.7. The Labute approximate surface area is 355 Å². The highest BCUT2D eigenvalue weighted by molar-refractivity contribution is 5.99. The Kier molecular flexibility index (Phi) is 12.0. The molecule has 1 aliphatic heterocycles. The predicted octanol–water partition coefficient (Wildman–Crippen LogP) is 9.55. The fraction of sp³-hybridized carbons (Fsp3) is 0.346. The highest BCUT2D eigenvalue weighted by Crippen LogP contribution is 2.49. The maximum absolute atomic E-state index is 13.3. The Morgan fingerprint density at radius 1 is 0.683 bits per heavy atom. The second kappa shape index (κ2) is 17.5. The van der Waals surface area contributed by atoms with Gasteiger partial charge in [-0.25, -0.2) is 0 Å². The quantitative estimate of drug-likeness (QED) is 0.0930. The summed E-state index contributed by atoms with van der Waals surface area (Å²) in [5, 5.41) is 18.5. The van der Waals surface area contributed by atoms with Crippen LogP contribution in [-0.4, -0.2) is 63.1 Å². The molecule has 310 valence electrons. The smallest absolute Gasteiger partial charge is 0.252 e. The molecule has 0 aromatic heterocycles. The summed E-state index contributed by atoms with van der Waals surface area (Å²) in [5.74, 6) is 0.739. The molecular weight excluding hydrogens is 743 g/mol. The van der Waals surface area contributed by atoms with Gasteiger partial charge < -0.3 is 30.9 Å². The molecule has 8 nitrogen and oxygen atoms in total. The third-order valence-electron chi connectivity index (χ3n) is 12.6. The van der Waals surface area contributed by atoms with Gasteiger partial charge in [0.05, 0.1) is 11.1 Å². The van der Waals surface area contributed by atoms with Crippen molar-refractivity contribution in [2.45, 2.75) is 76.4 Å². The molecule has 0 spiro atoms. The lowest BCUT2D eigenvalue weighted by Crippen LogP contribution is -2.35. The first-order valence-electron chi connectivity index (χ1n) is 21.6. The summed E-state index contributed by atoms with van der Waals surface area (Å²) in [6.45, 7) is 9.61. The summed E-state index contributed by atoms with van der Waals surface area (Å²) >= 11 is 0. The lowest BCUT2D eigenvalue weighted by molar-refractivity contribution is 0.0921. The van der Waals surface area contributed by atoms with Gasteiger partial charge in [-0.3, -0.25) is 9.59 Å². The first-order chi connectivity index (χ1) is 29.0. The monoisotopic (exact) mass is 801 g/mol. The maximum atomic E-state index is 13.3. The van der Waals surface area contributed by atoms with E-state index < -0.39 is 0 Å². The first-order valence-corrected chi connectivity index (χ1v) is 21.6. The van der Waals surface area contributed by atoms with Crippen molar-refractivity contribution in [3.8, 4) is 5.75 Å². The van der Waals surface area contributed by atoms with Gasteiger partial charge in [0.15, 0.2) is 0 Å². The van der Waals surface area contributed by atoms with Crippen LogP contribution in [0.2, 0.25) is 0 Å². The van der Waals surface area contributed by atoms with Crippen LogP contribution < -0.4 is 26.0 Å². The van der Waals surface area contributed by atoms with E-state index in [9.17, 15) is 9.59 Å². The van der Waals surface area contributed by atoms with Gasteiger partial charge in [-0.2, -0.15) is 0 Å². The fourth-order valence-corrected chi connectivity index (χ4v) is 8.70. The van der Waals surface area contributed by atoms with E-state index in [1.165, 1.54) is 44.7 Å². The van der Waals surface area contributed by atoms with E-state index >= 15 is 0 Å². The zero-order valence-electron chi connectivity index (χ0n) is 35.8. The van der Waals surface area contributed by atoms with Gasteiger partial charge in [0.2, 0.25) is 0 Å². The molecule has 60 heavy (non-hydrogen) atoms. The van der Waals surface area contributed by atoms with Crippen LogP contribution in [0.3, 0.4) is 0 Å². The van der Waals surface area contributed by atoms with Crippen molar-refractivity contribution in [1.29, 1.82) is 0 Å². The summed E-state index contributed by atoms with van der Waals surface area (Å²) in [6.07, 6.45) is 6.24. The van der Waals surface area contributed by atoms with Gasteiger partial charge >= 0.3 is 0 Å². The van der Waals surface area contributed by atoms with Crippen molar-refractivity contribution in [3.05, 3.63) is 154 Å². The van der Waals surface area contributed by atoms with E-state index in [0.29, 0.717) is 18.2 Å². The number of rotatable bonds is 13. The minimum atomic E-state index is -0.276. The SMILES string of the molecule is Cc1ccc(NCCN(C)C)cc1C(=O)NC1(c2cccc3ccccc23)CC1.Cc1ccc(OCC2CCCN2)cc1C(=O)NC1(c2cccc3c(C)cccc23)CC1. The molecular formula is C52H59N5O3. The number of hydrogen-bond donors (Lipinski definition) is 4. The van der Waals surface area contributed by atoms with Crippen molar-refractivity contribution in [1.82, 2.24) is 20.9 Å². The molecule has 0 radical (unpaired) electrons. The van der Waals surface area contributed by atoms with Crippen LogP contribution in [0.4, 0.5) is 5.69 Å². The summed E-state index contributed by atoms with van der Waals surface area (Å²) < 4.78 is 5.99. The summed E-state index contributed by atoms with van der Waals surface area (Å²) in [5.41, 5.74) is 7.56. The number of hydrogen-bond acceptors (Lipinski definition) is 6. The molecule has 1 heterocycles. The fourth-order valence-electron chi connectivity index (χ4n) is 8.70. The van der Waals surface area contributed by atoms with E-state index in [-0.39, 0.29) is 22.9 Å². The molecule has 1 unspecified atom stereocenters. The van der Waals surface area contributed by atoms with Crippen LogP contribution in [0.1, 0.15) is 87.1 Å². The van der Waals surface area contributed by atoms with Crippen molar-refractivity contribution < 1.29 is 14.3 Å². The van der Waals surface area contributed by atoms with E-state index in [1.807, 2.05) is 50.2 Å². The minimum absolute atomic E-state index is 0.00388. The molecule has 6 aromatic carbocycles. The standard InChI is InChI=1S/C27H30N2O2.C25H29N3O/c1-18-6-3-9-23-22(18)8-4-10-25(23)27(13-14-27)29-26(30)24-16-21(12-11-19(24)2)31-17-20-7-5-15-28-20;1-18-11-12-20(26-15-16-28(2)3)17-22(18)24(29)27-25(13-14-25)23-10-6-8-19-7-4-5-9-21(19)23/h3-4,6,8-12,16,20,28H,5,7,13-15,17H2,1-2H3,(H,29,30);4-12,17,26H,13-16H2,1-3H3,(H,27,29). The van der Waals surface area contributed by atoms with E-state index in [4.69, 9.17) is 4.74 Å². The molecule has 0 bridgehead atoms. The van der Waals surface area contributed by atoms with E-state index in [0.717, 1.165) is 79.9 Å². The average Bonchev–Trinajstić information content (AvgIpc) is 4.16. The summed E-state index contributed by atoms with van der Waals surface area (Å²) in [6, 6.07) is 39.9. The lowest BCUT2D eigenvalue weighted by atomic mass is 9.94. The Balaban J connectivity index is 0.000000167. The van der Waals surface area contributed by atoms with E-state index in [2.05, 4.69) is 126 Å². The molecule has 2 aliphatic carbocycles. The topological polar surface area (TPSA) is 94.7 Å². The summed E-state index contributed by atoms with van der Waals surface area (Å²) in [7, 11) is 4.11. The number of ether oxygens (including phenoxy) is 1. The normalized spacial score (nSPS) is 17.1. The first kappa shape index (κ1) is 41.1. The third-order valence-corrected chi connectivity index (χ3v) is 12.6. The highest BCUT2D eigenvalue weighted by Gasteiger charge is 2.47. The van der Waals surface area contributed by atoms with Gasteiger partial charge in [-0.1, -0.05) is 91.0 Å². The number of anilines is 1. The molecule has 9 rings (SSSR count). The molecule has 3 fully saturated rings. The van der Waals surface area contributed by atoms with Gasteiger partial charge in [0.25, 0.3) is 11.8 Å². The molecule has 3 aliphatic rings. The van der Waals surface area contributed by atoms with Crippen LogP contribution in [0.5, 0.6) is 5.75 Å². The number of benzene rings is 6. The van der Waals surface area contributed by atoms with Crippen molar-refractivity contribution >= 4 is 39.0 Å². The number of aryl methyl sites for hydroxylation is 3. The van der Waals surface area contributed by atoms with Gasteiger partial charge in [-0.15, -0.1) is 0 Å². The molecule has 6 aromatic rings. The second-order valence-corrected chi connectivity index (χ2v) is 17.4. The molecule has 2 saturated carbocycles. The number of carbonyl (C=O) groups excluding carboxylic acids is 2. The third kappa shape index (κ3) is 9.05. The van der Waals surface area contributed by atoms with Crippen molar-refractivity contribution in [2.75, 3.05) is 45.7 Å². The van der Waals surface area contributed by atoms with Crippen molar-refractivity contribution in [3.63, 3.8) is 0 Å². The number of nitrogens with one attached hydrogen (secondary N) is 4. The number of nitrogens with zero attached hydrogens (tertiary/aromatic N) is 1. The van der Waals surface area contributed by atoms with Gasteiger partial charge in [-0.05, 0) is 154 Å². The van der Waals surface area contributed by atoms with Crippen LogP contribution in [-0.2, 0) is 11.1 Å². The van der Waals surface area contributed by atoms with Crippen LogP contribution in [0, 0.1) is 20.8 Å². The zero-order valence-corrected chi connectivity index (χ0v) is 35.8. The van der Waals surface area contributed by atoms with Crippen LogP contribution in [0.15, 0.2) is 115 Å². The number of fused-ring (bicyclic) bond motifs is 2. The Bertz CT molecular complexity index is 2510. The average molecular weight is 802 g/mol. The van der Waals surface area contributed by atoms with Crippen LogP contribution >= 0.6 is 0 Å². The second-order valence-electron chi connectivity index (χ2n) is 17.4. The van der Waals surface area contributed by atoms with E-state index in [1.54, 1.807) is 0 Å². The molecule has 2 amide bonds. The minimum Gasteiger partial charge on any atom is -0.492 e. The van der Waals surface area contributed by atoms with Gasteiger partial charge in [0.1, 0.15) is 12.4 Å². The lowest BCUT2D eigenvalue weighted by Gasteiger charge is -2.21. The molecule has 1 saturated heterocycles. The predicted molar refractivity (Wildman–Crippen MR) is 245 cm³/mol. The number of likely N-dealkylation sites (N-methyl/N-ethyl adjacent to an activating group) is 1. The maximum Gasteiger partial charge on any atom is 0.252 e. The molecule has 4 N–H and O–H groups in total. The molecule has 8 heteroatoms. The Morgan fingerprint density at radius 2 is 1.28 bits per heavy atom.